The molecular formula is C23H27BrN2O4S. The van der Waals surface area contributed by atoms with Gasteiger partial charge in [-0.3, -0.25) is 9.59 Å². The second-order valence-electron chi connectivity index (χ2n) is 7.61. The Kier molecular flexibility index (Phi) is 7.21. The van der Waals surface area contributed by atoms with Crippen molar-refractivity contribution in [1.29, 1.82) is 0 Å². The van der Waals surface area contributed by atoms with Crippen molar-refractivity contribution in [3.8, 4) is 0 Å². The number of carbonyl (C=O) groups excluding carboxylic acids is 2. The average molecular weight is 507 g/mol. The summed E-state index contributed by atoms with van der Waals surface area (Å²) < 4.78 is 27.2. The molecule has 166 valence electrons. The van der Waals surface area contributed by atoms with Gasteiger partial charge in [-0.05, 0) is 55.7 Å². The number of aryl methyl sites for hydroxylation is 1. The van der Waals surface area contributed by atoms with E-state index >= 15 is 0 Å². The van der Waals surface area contributed by atoms with Gasteiger partial charge in [-0.25, -0.2) is 8.42 Å². The van der Waals surface area contributed by atoms with Crippen LogP contribution in [-0.4, -0.2) is 39.1 Å². The van der Waals surface area contributed by atoms with Gasteiger partial charge in [-0.1, -0.05) is 35.0 Å². The lowest BCUT2D eigenvalue weighted by molar-refractivity contribution is -0.119. The van der Waals surface area contributed by atoms with E-state index in [-0.39, 0.29) is 28.9 Å². The summed E-state index contributed by atoms with van der Waals surface area (Å²) in [5.74, 6) is -0.666. The molecule has 3 rings (SSSR count). The Balaban J connectivity index is 1.86. The molecule has 0 saturated heterocycles. The van der Waals surface area contributed by atoms with Crippen molar-refractivity contribution in [2.24, 2.45) is 0 Å². The van der Waals surface area contributed by atoms with Crippen LogP contribution in [0.2, 0.25) is 0 Å². The molecular weight excluding hydrogens is 480 g/mol. The molecule has 2 aromatic carbocycles. The molecule has 6 nitrogen and oxygen atoms in total. The second-order valence-corrected chi connectivity index (χ2v) is 10.6. The zero-order valence-corrected chi connectivity index (χ0v) is 20.4. The molecule has 0 N–H and O–H groups in total. The minimum atomic E-state index is -3.78. The van der Waals surface area contributed by atoms with Crippen LogP contribution in [0.1, 0.15) is 37.8 Å². The SMILES string of the molecule is CCC(=O)N1CCc2cc(Br)cc(S(=O)(=O)CCC(=O)N(CC)c3cccc(C)c3)c21. The predicted octanol–water partition coefficient (Wildman–Crippen LogP) is 4.27. The Hall–Kier alpha value is -2.19. The third-order valence-corrected chi connectivity index (χ3v) is 7.63. The largest absolute Gasteiger partial charge is 0.313 e. The Morgan fingerprint density at radius 1 is 1.16 bits per heavy atom. The van der Waals surface area contributed by atoms with Gasteiger partial charge in [-0.15, -0.1) is 0 Å². The number of rotatable bonds is 7. The van der Waals surface area contributed by atoms with E-state index in [2.05, 4.69) is 15.9 Å². The van der Waals surface area contributed by atoms with Crippen molar-refractivity contribution < 1.29 is 18.0 Å². The van der Waals surface area contributed by atoms with Crippen molar-refractivity contribution in [3.05, 3.63) is 52.0 Å². The highest BCUT2D eigenvalue weighted by molar-refractivity contribution is 9.10. The third kappa shape index (κ3) is 5.01. The highest BCUT2D eigenvalue weighted by atomic mass is 79.9. The number of hydrogen-bond acceptors (Lipinski definition) is 4. The number of hydrogen-bond donors (Lipinski definition) is 0. The van der Waals surface area contributed by atoms with E-state index in [4.69, 9.17) is 0 Å². The number of fused-ring (bicyclic) bond motifs is 1. The van der Waals surface area contributed by atoms with E-state index in [0.29, 0.717) is 36.1 Å². The maximum Gasteiger partial charge on any atom is 0.228 e. The molecule has 0 saturated carbocycles. The molecule has 1 aliphatic rings. The van der Waals surface area contributed by atoms with E-state index < -0.39 is 9.84 Å². The summed E-state index contributed by atoms with van der Waals surface area (Å²) in [6.45, 7) is 6.49. The maximum atomic E-state index is 13.3. The molecule has 0 radical (unpaired) electrons. The number of carbonyl (C=O) groups is 2. The monoisotopic (exact) mass is 506 g/mol. The van der Waals surface area contributed by atoms with Crippen molar-refractivity contribution in [2.45, 2.75) is 44.9 Å². The summed E-state index contributed by atoms with van der Waals surface area (Å²) in [6, 6.07) is 11.0. The first-order valence-electron chi connectivity index (χ1n) is 10.4. The van der Waals surface area contributed by atoms with Crippen LogP contribution in [0, 0.1) is 6.92 Å². The second kappa shape index (κ2) is 9.53. The number of benzene rings is 2. The Morgan fingerprint density at radius 2 is 1.90 bits per heavy atom. The van der Waals surface area contributed by atoms with Crippen LogP contribution >= 0.6 is 15.9 Å². The van der Waals surface area contributed by atoms with E-state index in [1.807, 2.05) is 44.2 Å². The lowest BCUT2D eigenvalue weighted by atomic mass is 10.2. The Morgan fingerprint density at radius 3 is 2.55 bits per heavy atom. The topological polar surface area (TPSA) is 74.8 Å². The predicted molar refractivity (Wildman–Crippen MR) is 126 cm³/mol. The first kappa shape index (κ1) is 23.5. The lowest BCUT2D eigenvalue weighted by Crippen LogP contribution is -2.32. The first-order valence-corrected chi connectivity index (χ1v) is 12.8. The summed E-state index contributed by atoms with van der Waals surface area (Å²) in [7, 11) is -3.78. The van der Waals surface area contributed by atoms with Gasteiger partial charge < -0.3 is 9.80 Å². The minimum absolute atomic E-state index is 0.106. The fraction of sp³-hybridized carbons (Fsp3) is 0.391. The lowest BCUT2D eigenvalue weighted by Gasteiger charge is -2.22. The average Bonchev–Trinajstić information content (AvgIpc) is 3.15. The van der Waals surface area contributed by atoms with Gasteiger partial charge in [0.15, 0.2) is 9.84 Å². The summed E-state index contributed by atoms with van der Waals surface area (Å²) >= 11 is 3.39. The molecule has 2 amide bonds. The van der Waals surface area contributed by atoms with Crippen LogP contribution in [0.3, 0.4) is 0 Å². The molecule has 0 spiro atoms. The van der Waals surface area contributed by atoms with Gasteiger partial charge in [0.05, 0.1) is 16.3 Å². The number of sulfone groups is 1. The van der Waals surface area contributed by atoms with Crippen molar-refractivity contribution in [3.63, 3.8) is 0 Å². The van der Waals surface area contributed by atoms with Gasteiger partial charge in [0.1, 0.15) is 0 Å². The van der Waals surface area contributed by atoms with E-state index in [0.717, 1.165) is 16.8 Å². The standard InChI is InChI=1S/C23H27BrN2O4S/c1-4-21(27)26-11-9-17-14-18(24)15-20(23(17)26)31(29,30)12-10-22(28)25(5-2)19-8-6-7-16(3)13-19/h6-8,13-15H,4-5,9-12H2,1-3H3. The molecule has 0 fully saturated rings. The fourth-order valence-electron chi connectivity index (χ4n) is 3.91. The van der Waals surface area contributed by atoms with E-state index in [9.17, 15) is 18.0 Å². The number of nitrogens with zero attached hydrogens (tertiary/aromatic N) is 2. The summed E-state index contributed by atoms with van der Waals surface area (Å²) in [5.41, 5.74) is 3.08. The number of halogens is 1. The molecule has 1 heterocycles. The quantitative estimate of drug-likeness (QED) is 0.561. The smallest absolute Gasteiger partial charge is 0.228 e. The van der Waals surface area contributed by atoms with Crippen LogP contribution in [0.25, 0.3) is 0 Å². The highest BCUT2D eigenvalue weighted by Gasteiger charge is 2.32. The molecule has 31 heavy (non-hydrogen) atoms. The molecule has 1 aliphatic heterocycles. The Labute approximate surface area is 192 Å². The number of anilines is 2. The van der Waals surface area contributed by atoms with Gasteiger partial charge in [0.25, 0.3) is 0 Å². The van der Waals surface area contributed by atoms with Crippen LogP contribution in [0.5, 0.6) is 0 Å². The van der Waals surface area contributed by atoms with E-state index in [1.165, 1.54) is 6.07 Å². The van der Waals surface area contributed by atoms with Crippen LogP contribution in [-0.2, 0) is 25.8 Å². The summed E-state index contributed by atoms with van der Waals surface area (Å²) in [5, 5.41) is 0. The zero-order valence-electron chi connectivity index (χ0n) is 18.0. The molecule has 0 aromatic heterocycles. The molecule has 0 bridgehead atoms. The molecule has 0 unspecified atom stereocenters. The summed E-state index contributed by atoms with van der Waals surface area (Å²) in [6.07, 6.45) is 0.779. The summed E-state index contributed by atoms with van der Waals surface area (Å²) in [4.78, 5) is 28.5. The van der Waals surface area contributed by atoms with Crippen molar-refractivity contribution in [1.82, 2.24) is 0 Å². The van der Waals surface area contributed by atoms with Crippen molar-refractivity contribution >= 4 is 49.0 Å². The molecule has 0 atom stereocenters. The zero-order chi connectivity index (χ0) is 22.8. The molecule has 0 aliphatic carbocycles. The fourth-order valence-corrected chi connectivity index (χ4v) is 6.07. The number of amides is 2. The van der Waals surface area contributed by atoms with Crippen LogP contribution in [0.15, 0.2) is 45.8 Å². The van der Waals surface area contributed by atoms with Crippen LogP contribution in [0.4, 0.5) is 11.4 Å². The Bertz CT molecular complexity index is 1110. The highest BCUT2D eigenvalue weighted by Crippen LogP contribution is 2.38. The van der Waals surface area contributed by atoms with Gasteiger partial charge in [-0.2, -0.15) is 0 Å². The van der Waals surface area contributed by atoms with Gasteiger partial charge in [0, 0.05) is 36.1 Å². The maximum absolute atomic E-state index is 13.3. The van der Waals surface area contributed by atoms with Crippen LogP contribution < -0.4 is 9.80 Å². The van der Waals surface area contributed by atoms with Gasteiger partial charge in [0.2, 0.25) is 11.8 Å². The van der Waals surface area contributed by atoms with Gasteiger partial charge >= 0.3 is 0 Å². The third-order valence-electron chi connectivity index (χ3n) is 5.45. The van der Waals surface area contributed by atoms with Crippen molar-refractivity contribution in [2.75, 3.05) is 28.6 Å². The first-order chi connectivity index (χ1) is 14.7. The van der Waals surface area contributed by atoms with E-state index in [1.54, 1.807) is 16.7 Å². The minimum Gasteiger partial charge on any atom is -0.313 e. The molecule has 2 aromatic rings. The normalized spacial score (nSPS) is 13.2. The molecule has 8 heteroatoms.